The van der Waals surface area contributed by atoms with Crippen LogP contribution in [0.5, 0.6) is 6.01 Å². The molecule has 0 radical (unpaired) electrons. The van der Waals surface area contributed by atoms with Gasteiger partial charge in [-0.05, 0) is 25.3 Å². The zero-order chi connectivity index (χ0) is 32.2. The molecule has 0 fully saturated rings. The third-order valence-corrected chi connectivity index (χ3v) is 9.56. The first-order valence-corrected chi connectivity index (χ1v) is 20.5. The van der Waals surface area contributed by atoms with Crippen molar-refractivity contribution in [2.75, 3.05) is 50.8 Å². The van der Waals surface area contributed by atoms with Gasteiger partial charge >= 0.3 is 6.01 Å². The van der Waals surface area contributed by atoms with E-state index in [4.69, 9.17) is 14.2 Å². The molecule has 1 aromatic heterocycles. The summed E-state index contributed by atoms with van der Waals surface area (Å²) >= 11 is 0. The number of hydrogen-bond acceptors (Lipinski definition) is 10. The second-order valence-electron chi connectivity index (χ2n) is 11.6. The van der Waals surface area contributed by atoms with Gasteiger partial charge in [-0.2, -0.15) is 8.42 Å². The fraction of sp³-hybridized carbons (Fsp3) is 0.875. The Kier molecular flexibility index (Phi) is 24.8. The molecule has 1 heterocycles. The number of aromatic nitrogens is 2. The molecule has 12 heteroatoms. The Morgan fingerprint density at radius 1 is 0.636 bits per heavy atom. The Morgan fingerprint density at radius 3 is 1.68 bits per heavy atom. The highest BCUT2D eigenvalue weighted by atomic mass is 32.2. The third-order valence-electron chi connectivity index (χ3n) is 7.17. The van der Waals surface area contributed by atoms with Crippen molar-refractivity contribution in [3.05, 3.63) is 18.5 Å². The highest BCUT2D eigenvalue weighted by Gasteiger charge is 2.22. The molecule has 10 nitrogen and oxygen atoms in total. The molecule has 1 rings (SSSR count). The van der Waals surface area contributed by atoms with E-state index in [9.17, 15) is 16.8 Å². The predicted octanol–water partition coefficient (Wildman–Crippen LogP) is 6.69. The van der Waals surface area contributed by atoms with Crippen molar-refractivity contribution in [2.45, 2.75) is 129 Å². The van der Waals surface area contributed by atoms with Crippen LogP contribution < -0.4 is 4.74 Å². The molecule has 0 amide bonds. The van der Waals surface area contributed by atoms with E-state index in [-0.39, 0.29) is 37.3 Å². The van der Waals surface area contributed by atoms with Crippen molar-refractivity contribution in [1.82, 2.24) is 9.97 Å². The van der Waals surface area contributed by atoms with Crippen molar-refractivity contribution >= 4 is 20.0 Å². The average molecular weight is 665 g/mol. The molecule has 0 aliphatic heterocycles. The van der Waals surface area contributed by atoms with Gasteiger partial charge in [0.2, 0.25) is 0 Å². The first-order valence-electron chi connectivity index (χ1n) is 16.9. The molecule has 0 saturated heterocycles. The molecule has 0 saturated carbocycles. The standard InChI is InChI=1S/C32H60N2O8S2/c1-3-4-5-6-7-8-9-10-11-12-13-14-15-16-17-18-24-40-29-31(42-32-33-22-19-23-34-32)30-44(37,38)28-21-26-39-25-20-27-41-43(2,35)36/h19,22-23,31H,3-18,20-21,24-30H2,1-2H3. The molecule has 258 valence electrons. The number of rotatable bonds is 32. The molecule has 0 aromatic carbocycles. The first kappa shape index (κ1) is 40.7. The monoisotopic (exact) mass is 664 g/mol. The lowest BCUT2D eigenvalue weighted by Gasteiger charge is -2.18. The Balaban J connectivity index is 2.15. The molecular weight excluding hydrogens is 604 g/mol. The zero-order valence-electron chi connectivity index (χ0n) is 27.5. The molecule has 1 atom stereocenters. The van der Waals surface area contributed by atoms with Gasteiger partial charge in [0.05, 0.1) is 31.0 Å². The summed E-state index contributed by atoms with van der Waals surface area (Å²) < 4.78 is 69.0. The fourth-order valence-corrected chi connectivity index (χ4v) is 6.67. The largest absolute Gasteiger partial charge is 0.457 e. The Hall–Kier alpha value is -1.34. The van der Waals surface area contributed by atoms with Gasteiger partial charge in [-0.15, -0.1) is 0 Å². The number of sulfone groups is 1. The summed E-state index contributed by atoms with van der Waals surface area (Å²) in [5, 5.41) is 0. The minimum Gasteiger partial charge on any atom is -0.457 e. The summed E-state index contributed by atoms with van der Waals surface area (Å²) in [5.74, 6) is -0.256. The number of nitrogens with zero attached hydrogens (tertiary/aromatic N) is 2. The lowest BCUT2D eigenvalue weighted by Crippen LogP contribution is -2.33. The summed E-state index contributed by atoms with van der Waals surface area (Å²) in [4.78, 5) is 8.11. The maximum Gasteiger partial charge on any atom is 0.316 e. The number of unbranched alkanes of at least 4 members (excludes halogenated alkanes) is 15. The fourth-order valence-electron chi connectivity index (χ4n) is 4.80. The maximum absolute atomic E-state index is 12.8. The van der Waals surface area contributed by atoms with E-state index in [1.54, 1.807) is 18.5 Å². The second-order valence-corrected chi connectivity index (χ2v) is 15.5. The van der Waals surface area contributed by atoms with Crippen LogP contribution in [0, 0.1) is 0 Å². The molecule has 0 bridgehead atoms. The van der Waals surface area contributed by atoms with E-state index in [2.05, 4.69) is 21.1 Å². The molecule has 0 aliphatic rings. The average Bonchev–Trinajstić information content (AvgIpc) is 2.97. The van der Waals surface area contributed by atoms with Crippen molar-refractivity contribution in [3.8, 4) is 6.01 Å². The zero-order valence-corrected chi connectivity index (χ0v) is 29.1. The molecule has 44 heavy (non-hydrogen) atoms. The normalized spacial score (nSPS) is 12.9. The van der Waals surface area contributed by atoms with Gasteiger partial charge in [-0.3, -0.25) is 4.18 Å². The SMILES string of the molecule is CCCCCCCCCCCCCCCCCCOCC(CS(=O)(=O)CCCOCCCOS(C)(=O)=O)Oc1ncccn1. The van der Waals surface area contributed by atoms with Crippen molar-refractivity contribution in [2.24, 2.45) is 0 Å². The third kappa shape index (κ3) is 27.0. The quantitative estimate of drug-likeness (QED) is 0.0606. The van der Waals surface area contributed by atoms with Crippen LogP contribution in [0.15, 0.2) is 18.5 Å². The molecule has 0 N–H and O–H groups in total. The smallest absolute Gasteiger partial charge is 0.316 e. The Bertz CT molecular complexity index is 995. The van der Waals surface area contributed by atoms with Crippen LogP contribution in [-0.2, 0) is 33.6 Å². The van der Waals surface area contributed by atoms with E-state index in [0.29, 0.717) is 26.1 Å². The molecule has 1 unspecified atom stereocenters. The van der Waals surface area contributed by atoms with Crippen molar-refractivity contribution in [3.63, 3.8) is 0 Å². The first-order chi connectivity index (χ1) is 21.2. The van der Waals surface area contributed by atoms with Crippen molar-refractivity contribution < 1.29 is 35.2 Å². The molecule has 0 spiro atoms. The molecular formula is C32H60N2O8S2. The van der Waals surface area contributed by atoms with Gasteiger partial charge in [-0.25, -0.2) is 18.4 Å². The minimum absolute atomic E-state index is 0.0388. The summed E-state index contributed by atoms with van der Waals surface area (Å²) in [6, 6.07) is 1.79. The van der Waals surface area contributed by atoms with Gasteiger partial charge in [0.1, 0.15) is 6.10 Å². The van der Waals surface area contributed by atoms with Crippen LogP contribution in [0.25, 0.3) is 0 Å². The highest BCUT2D eigenvalue weighted by Crippen LogP contribution is 2.14. The van der Waals surface area contributed by atoms with Crippen LogP contribution in [0.3, 0.4) is 0 Å². The summed E-state index contributed by atoms with van der Waals surface area (Å²) in [5.41, 5.74) is 0. The molecule has 0 aliphatic carbocycles. The minimum atomic E-state index is -3.46. The lowest BCUT2D eigenvalue weighted by atomic mass is 10.0. The molecule has 1 aromatic rings. The van der Waals surface area contributed by atoms with Gasteiger partial charge in [0.15, 0.2) is 9.84 Å². The second kappa shape index (κ2) is 26.8. The van der Waals surface area contributed by atoms with Crippen molar-refractivity contribution in [1.29, 1.82) is 0 Å². The van der Waals surface area contributed by atoms with Gasteiger partial charge in [-0.1, -0.05) is 103 Å². The predicted molar refractivity (Wildman–Crippen MR) is 176 cm³/mol. The van der Waals surface area contributed by atoms with Crippen LogP contribution in [0.4, 0.5) is 0 Å². The lowest BCUT2D eigenvalue weighted by molar-refractivity contribution is 0.0534. The van der Waals surface area contributed by atoms with Crippen LogP contribution >= 0.6 is 0 Å². The van der Waals surface area contributed by atoms with Crippen LogP contribution in [0.1, 0.15) is 122 Å². The van der Waals surface area contributed by atoms with Gasteiger partial charge in [0.25, 0.3) is 10.1 Å². The highest BCUT2D eigenvalue weighted by molar-refractivity contribution is 7.91. The Morgan fingerprint density at radius 2 is 1.14 bits per heavy atom. The maximum atomic E-state index is 12.8. The van der Waals surface area contributed by atoms with Gasteiger partial charge in [0, 0.05) is 32.2 Å². The Labute approximate surface area is 268 Å². The van der Waals surface area contributed by atoms with Gasteiger partial charge < -0.3 is 14.2 Å². The summed E-state index contributed by atoms with van der Waals surface area (Å²) in [6.45, 7) is 3.55. The summed E-state index contributed by atoms with van der Waals surface area (Å²) in [7, 11) is -6.90. The number of ether oxygens (including phenoxy) is 3. The van der Waals surface area contributed by atoms with E-state index < -0.39 is 26.1 Å². The van der Waals surface area contributed by atoms with E-state index in [0.717, 1.165) is 19.1 Å². The van der Waals surface area contributed by atoms with Crippen LogP contribution in [0.2, 0.25) is 0 Å². The number of hydrogen-bond donors (Lipinski definition) is 0. The van der Waals surface area contributed by atoms with E-state index in [1.807, 2.05) is 0 Å². The van der Waals surface area contributed by atoms with E-state index in [1.165, 1.54) is 89.9 Å². The topological polar surface area (TPSA) is 131 Å². The van der Waals surface area contributed by atoms with E-state index >= 15 is 0 Å². The van der Waals surface area contributed by atoms with Crippen LogP contribution in [-0.4, -0.2) is 83.7 Å². The summed E-state index contributed by atoms with van der Waals surface area (Å²) in [6.07, 6.45) is 25.0.